The molecule has 1 unspecified atom stereocenters. The standard InChI is InChI=1S/C31H42O4/c1-20(2)7-5-8-23-9-6-10-26(17-23)29(27-18-24(11-13-32)15-21(3)30(27)34)28-19-25(12-14-33)16-22(4)31(28)35/h7,9,15-16,18-19,26,29,32-35H,5-6,8,10-14,17H2,1-4H3. The van der Waals surface area contributed by atoms with Crippen LogP contribution in [0.15, 0.2) is 47.6 Å². The second-order valence-corrected chi connectivity index (χ2v) is 10.4. The van der Waals surface area contributed by atoms with Crippen molar-refractivity contribution in [2.45, 2.75) is 78.6 Å². The van der Waals surface area contributed by atoms with Crippen LogP contribution < -0.4 is 0 Å². The molecule has 0 saturated heterocycles. The molecule has 0 saturated carbocycles. The Morgan fingerprint density at radius 2 is 1.43 bits per heavy atom. The number of aliphatic hydroxyl groups excluding tert-OH is 2. The van der Waals surface area contributed by atoms with E-state index in [9.17, 15) is 20.4 Å². The van der Waals surface area contributed by atoms with Gasteiger partial charge in [0.2, 0.25) is 0 Å². The third-order valence-electron chi connectivity index (χ3n) is 7.23. The highest BCUT2D eigenvalue weighted by Crippen LogP contribution is 2.48. The van der Waals surface area contributed by atoms with Crippen molar-refractivity contribution in [3.8, 4) is 11.5 Å². The molecule has 2 aromatic rings. The SMILES string of the molecule is CC(C)=CCCC1=CCCC(C(c2cc(CCO)cc(C)c2O)c2cc(CCO)cc(C)c2O)C1. The largest absolute Gasteiger partial charge is 0.507 e. The van der Waals surface area contributed by atoms with E-state index in [0.29, 0.717) is 12.8 Å². The summed E-state index contributed by atoms with van der Waals surface area (Å²) in [5.74, 6) is 0.576. The summed E-state index contributed by atoms with van der Waals surface area (Å²) in [6.07, 6.45) is 10.6. The summed E-state index contributed by atoms with van der Waals surface area (Å²) in [6.45, 7) is 8.15. The monoisotopic (exact) mass is 478 g/mol. The van der Waals surface area contributed by atoms with Crippen LogP contribution in [0.4, 0.5) is 0 Å². The first-order chi connectivity index (χ1) is 16.7. The van der Waals surface area contributed by atoms with Crippen LogP contribution in [0.5, 0.6) is 11.5 Å². The maximum Gasteiger partial charge on any atom is 0.122 e. The van der Waals surface area contributed by atoms with Crippen molar-refractivity contribution in [3.05, 3.63) is 80.9 Å². The van der Waals surface area contributed by atoms with Crippen LogP contribution in [0.3, 0.4) is 0 Å². The number of aryl methyl sites for hydroxylation is 2. The summed E-state index contributed by atoms with van der Waals surface area (Å²) in [5.41, 5.74) is 7.95. The van der Waals surface area contributed by atoms with Gasteiger partial charge in [0, 0.05) is 30.3 Å². The summed E-state index contributed by atoms with van der Waals surface area (Å²) in [7, 11) is 0. The molecule has 2 aromatic carbocycles. The molecule has 0 fully saturated rings. The Bertz CT molecular complexity index is 1010. The van der Waals surface area contributed by atoms with Gasteiger partial charge in [0.1, 0.15) is 11.5 Å². The summed E-state index contributed by atoms with van der Waals surface area (Å²) >= 11 is 0. The molecular weight excluding hydrogens is 436 g/mol. The third kappa shape index (κ3) is 6.77. The van der Waals surface area contributed by atoms with E-state index in [1.54, 1.807) is 0 Å². The molecule has 35 heavy (non-hydrogen) atoms. The molecule has 1 aliphatic carbocycles. The fraction of sp³-hybridized carbons (Fsp3) is 0.484. The van der Waals surface area contributed by atoms with Crippen LogP contribution in [0, 0.1) is 19.8 Å². The van der Waals surface area contributed by atoms with E-state index in [2.05, 4.69) is 26.0 Å². The van der Waals surface area contributed by atoms with Crippen LogP contribution in [-0.2, 0) is 12.8 Å². The van der Waals surface area contributed by atoms with Crippen molar-refractivity contribution in [1.82, 2.24) is 0 Å². The molecule has 0 amide bonds. The lowest BCUT2D eigenvalue weighted by Gasteiger charge is -2.33. The van der Waals surface area contributed by atoms with Gasteiger partial charge in [-0.25, -0.2) is 0 Å². The minimum atomic E-state index is -0.183. The highest BCUT2D eigenvalue weighted by atomic mass is 16.3. The van der Waals surface area contributed by atoms with Gasteiger partial charge in [0.15, 0.2) is 0 Å². The molecule has 190 valence electrons. The predicted molar refractivity (Wildman–Crippen MR) is 143 cm³/mol. The van der Waals surface area contributed by atoms with Gasteiger partial charge < -0.3 is 20.4 Å². The van der Waals surface area contributed by atoms with E-state index in [1.165, 1.54) is 11.1 Å². The Balaban J connectivity index is 2.12. The van der Waals surface area contributed by atoms with E-state index < -0.39 is 0 Å². The maximum absolute atomic E-state index is 11.2. The Morgan fingerprint density at radius 1 is 0.886 bits per heavy atom. The predicted octanol–water partition coefficient (Wildman–Crippen LogP) is 6.39. The number of benzene rings is 2. The van der Waals surface area contributed by atoms with Gasteiger partial charge in [-0.15, -0.1) is 0 Å². The molecule has 1 aliphatic rings. The Hall–Kier alpha value is -2.56. The Kier molecular flexibility index (Phi) is 9.59. The van der Waals surface area contributed by atoms with Gasteiger partial charge in [0.05, 0.1) is 0 Å². The van der Waals surface area contributed by atoms with Gasteiger partial charge in [-0.2, -0.15) is 0 Å². The van der Waals surface area contributed by atoms with Crippen LogP contribution >= 0.6 is 0 Å². The first-order valence-electron chi connectivity index (χ1n) is 12.9. The summed E-state index contributed by atoms with van der Waals surface area (Å²) < 4.78 is 0. The smallest absolute Gasteiger partial charge is 0.122 e. The number of rotatable bonds is 10. The zero-order valence-corrected chi connectivity index (χ0v) is 21.8. The van der Waals surface area contributed by atoms with Crippen molar-refractivity contribution in [2.24, 2.45) is 5.92 Å². The summed E-state index contributed by atoms with van der Waals surface area (Å²) in [5, 5.41) is 41.6. The highest BCUT2D eigenvalue weighted by Gasteiger charge is 2.32. The first-order valence-corrected chi connectivity index (χ1v) is 12.9. The van der Waals surface area contributed by atoms with E-state index in [-0.39, 0.29) is 36.5 Å². The van der Waals surface area contributed by atoms with E-state index in [0.717, 1.165) is 65.5 Å². The fourth-order valence-corrected chi connectivity index (χ4v) is 5.52. The zero-order valence-electron chi connectivity index (χ0n) is 21.8. The van der Waals surface area contributed by atoms with Crippen LogP contribution in [0.1, 0.15) is 85.3 Å². The fourth-order valence-electron chi connectivity index (χ4n) is 5.52. The topological polar surface area (TPSA) is 80.9 Å². The molecule has 0 bridgehead atoms. The van der Waals surface area contributed by atoms with Crippen molar-refractivity contribution in [2.75, 3.05) is 13.2 Å². The molecule has 4 nitrogen and oxygen atoms in total. The van der Waals surface area contributed by atoms with Gasteiger partial charge in [-0.1, -0.05) is 47.6 Å². The number of hydrogen-bond donors (Lipinski definition) is 4. The number of phenols is 2. The van der Waals surface area contributed by atoms with Gasteiger partial charge in [-0.3, -0.25) is 0 Å². The minimum absolute atomic E-state index is 0.0470. The molecule has 0 heterocycles. The number of aromatic hydroxyl groups is 2. The molecule has 4 heteroatoms. The molecule has 0 aliphatic heterocycles. The molecule has 0 aromatic heterocycles. The number of aliphatic hydroxyl groups is 2. The normalized spacial score (nSPS) is 15.9. The van der Waals surface area contributed by atoms with E-state index in [4.69, 9.17) is 0 Å². The Labute approximate surface area is 210 Å². The van der Waals surface area contributed by atoms with E-state index in [1.807, 2.05) is 38.1 Å². The number of phenolic OH excluding ortho intramolecular Hbond substituents is 2. The third-order valence-corrected chi connectivity index (χ3v) is 7.23. The summed E-state index contributed by atoms with van der Waals surface area (Å²) in [6, 6.07) is 7.89. The van der Waals surface area contributed by atoms with Gasteiger partial charge in [-0.05, 0) is 101 Å². The average molecular weight is 479 g/mol. The van der Waals surface area contributed by atoms with Crippen LogP contribution in [0.2, 0.25) is 0 Å². The molecule has 0 radical (unpaired) electrons. The molecular formula is C31H42O4. The van der Waals surface area contributed by atoms with Gasteiger partial charge in [0.25, 0.3) is 0 Å². The number of allylic oxidation sites excluding steroid dienone is 4. The molecule has 1 atom stereocenters. The lowest BCUT2D eigenvalue weighted by molar-refractivity contribution is 0.299. The Morgan fingerprint density at radius 3 is 1.91 bits per heavy atom. The summed E-state index contributed by atoms with van der Waals surface area (Å²) in [4.78, 5) is 0. The van der Waals surface area contributed by atoms with Crippen molar-refractivity contribution in [1.29, 1.82) is 0 Å². The minimum Gasteiger partial charge on any atom is -0.507 e. The number of hydrogen-bond acceptors (Lipinski definition) is 4. The van der Waals surface area contributed by atoms with Crippen LogP contribution in [0.25, 0.3) is 0 Å². The molecule has 3 rings (SSSR count). The second kappa shape index (κ2) is 12.4. The van der Waals surface area contributed by atoms with Crippen molar-refractivity contribution >= 4 is 0 Å². The van der Waals surface area contributed by atoms with Crippen molar-refractivity contribution in [3.63, 3.8) is 0 Å². The average Bonchev–Trinajstić information content (AvgIpc) is 2.80. The van der Waals surface area contributed by atoms with Crippen LogP contribution in [-0.4, -0.2) is 33.6 Å². The van der Waals surface area contributed by atoms with Gasteiger partial charge >= 0.3 is 0 Å². The lowest BCUT2D eigenvalue weighted by atomic mass is 9.71. The second-order valence-electron chi connectivity index (χ2n) is 10.4. The zero-order chi connectivity index (χ0) is 25.5. The molecule has 0 spiro atoms. The van der Waals surface area contributed by atoms with Crippen molar-refractivity contribution < 1.29 is 20.4 Å². The van der Waals surface area contributed by atoms with E-state index >= 15 is 0 Å². The highest BCUT2D eigenvalue weighted by molar-refractivity contribution is 5.54. The first kappa shape index (κ1) is 27.0. The maximum atomic E-state index is 11.2. The lowest BCUT2D eigenvalue weighted by Crippen LogP contribution is -2.19. The molecule has 4 N–H and O–H groups in total. The quantitative estimate of drug-likeness (QED) is 0.298.